The van der Waals surface area contributed by atoms with Crippen molar-refractivity contribution in [2.45, 2.75) is 58.4 Å². The van der Waals surface area contributed by atoms with E-state index < -0.39 is 0 Å². The predicted octanol–water partition coefficient (Wildman–Crippen LogP) is 4.75. The zero-order chi connectivity index (χ0) is 14.4. The van der Waals surface area contributed by atoms with Gasteiger partial charge in [0, 0.05) is 6.04 Å². The van der Waals surface area contributed by atoms with Gasteiger partial charge in [-0.3, -0.25) is 4.90 Å². The standard InChI is InChI=1S/C18H29NO/c1-3-6-15-7-5-13-19(14-12-15)18(4-2)16-8-10-17(20)11-9-16/h8-11,15,18,20H,3-7,12-14H2,1-2H3. The first-order valence-electron chi connectivity index (χ1n) is 8.27. The van der Waals surface area contributed by atoms with Gasteiger partial charge in [0.15, 0.2) is 0 Å². The summed E-state index contributed by atoms with van der Waals surface area (Å²) in [6, 6.07) is 8.30. The second kappa shape index (κ2) is 7.68. The maximum absolute atomic E-state index is 9.45. The Morgan fingerprint density at radius 2 is 1.90 bits per heavy atom. The Kier molecular flexibility index (Phi) is 5.90. The minimum absolute atomic E-state index is 0.363. The van der Waals surface area contributed by atoms with E-state index >= 15 is 0 Å². The molecule has 0 amide bonds. The summed E-state index contributed by atoms with van der Waals surface area (Å²) in [5.74, 6) is 1.30. The van der Waals surface area contributed by atoms with Crippen molar-refractivity contribution in [2.75, 3.05) is 13.1 Å². The summed E-state index contributed by atoms with van der Waals surface area (Å²) in [7, 11) is 0. The molecule has 112 valence electrons. The van der Waals surface area contributed by atoms with Gasteiger partial charge in [-0.1, -0.05) is 38.8 Å². The van der Waals surface area contributed by atoms with Crippen LogP contribution >= 0.6 is 0 Å². The van der Waals surface area contributed by atoms with Gasteiger partial charge in [-0.25, -0.2) is 0 Å². The highest BCUT2D eigenvalue weighted by molar-refractivity contribution is 5.28. The molecule has 1 aliphatic rings. The number of nitrogens with zero attached hydrogens (tertiary/aromatic N) is 1. The fourth-order valence-electron chi connectivity index (χ4n) is 3.60. The third-order valence-corrected chi connectivity index (χ3v) is 4.68. The molecule has 0 radical (unpaired) electrons. The fraction of sp³-hybridized carbons (Fsp3) is 0.667. The van der Waals surface area contributed by atoms with E-state index in [9.17, 15) is 5.11 Å². The second-order valence-electron chi connectivity index (χ2n) is 6.14. The Hall–Kier alpha value is -1.02. The molecule has 1 aromatic carbocycles. The van der Waals surface area contributed by atoms with E-state index in [1.807, 2.05) is 12.1 Å². The van der Waals surface area contributed by atoms with Crippen LogP contribution in [0, 0.1) is 5.92 Å². The maximum Gasteiger partial charge on any atom is 0.115 e. The SMILES string of the molecule is CCCC1CCCN(C(CC)c2ccc(O)cc2)CC1. The fourth-order valence-corrected chi connectivity index (χ4v) is 3.60. The van der Waals surface area contributed by atoms with E-state index in [0.717, 1.165) is 12.3 Å². The normalized spacial score (nSPS) is 22.4. The van der Waals surface area contributed by atoms with E-state index in [2.05, 4.69) is 30.9 Å². The van der Waals surface area contributed by atoms with E-state index in [-0.39, 0.29) is 0 Å². The molecule has 1 aliphatic heterocycles. The highest BCUT2D eigenvalue weighted by atomic mass is 16.3. The number of likely N-dealkylation sites (tertiary alicyclic amines) is 1. The minimum Gasteiger partial charge on any atom is -0.508 e. The van der Waals surface area contributed by atoms with Crippen LogP contribution in [-0.4, -0.2) is 23.1 Å². The van der Waals surface area contributed by atoms with Gasteiger partial charge in [0.25, 0.3) is 0 Å². The number of aromatic hydroxyl groups is 1. The average Bonchev–Trinajstić information content (AvgIpc) is 2.68. The average molecular weight is 275 g/mol. The van der Waals surface area contributed by atoms with Gasteiger partial charge in [0.05, 0.1) is 0 Å². The number of phenolic OH excluding ortho intramolecular Hbond substituents is 1. The summed E-state index contributed by atoms with van der Waals surface area (Å²) in [6.07, 6.45) is 7.94. The highest BCUT2D eigenvalue weighted by Gasteiger charge is 2.22. The lowest BCUT2D eigenvalue weighted by Crippen LogP contribution is -2.29. The quantitative estimate of drug-likeness (QED) is 0.838. The van der Waals surface area contributed by atoms with Gasteiger partial charge in [-0.2, -0.15) is 0 Å². The molecule has 2 atom stereocenters. The number of phenols is 1. The van der Waals surface area contributed by atoms with Crippen molar-refractivity contribution in [2.24, 2.45) is 5.92 Å². The van der Waals surface area contributed by atoms with Crippen LogP contribution in [0.1, 0.15) is 64.0 Å². The van der Waals surface area contributed by atoms with Crippen LogP contribution in [0.3, 0.4) is 0 Å². The molecule has 2 rings (SSSR count). The van der Waals surface area contributed by atoms with Crippen LogP contribution in [0.25, 0.3) is 0 Å². The van der Waals surface area contributed by atoms with Gasteiger partial charge in [0.1, 0.15) is 5.75 Å². The third-order valence-electron chi connectivity index (χ3n) is 4.68. The van der Waals surface area contributed by atoms with Crippen LogP contribution in [-0.2, 0) is 0 Å². The molecule has 0 saturated carbocycles. The lowest BCUT2D eigenvalue weighted by Gasteiger charge is -2.30. The predicted molar refractivity (Wildman–Crippen MR) is 85.0 cm³/mol. The van der Waals surface area contributed by atoms with Crippen molar-refractivity contribution < 1.29 is 5.11 Å². The van der Waals surface area contributed by atoms with Crippen LogP contribution in [0.4, 0.5) is 0 Å². The largest absolute Gasteiger partial charge is 0.508 e. The highest BCUT2D eigenvalue weighted by Crippen LogP contribution is 2.30. The van der Waals surface area contributed by atoms with Crippen LogP contribution in [0.15, 0.2) is 24.3 Å². The Morgan fingerprint density at radius 1 is 1.15 bits per heavy atom. The van der Waals surface area contributed by atoms with E-state index in [1.165, 1.54) is 50.8 Å². The molecule has 1 saturated heterocycles. The van der Waals surface area contributed by atoms with Crippen LogP contribution < -0.4 is 0 Å². The van der Waals surface area contributed by atoms with Gasteiger partial charge in [-0.15, -0.1) is 0 Å². The molecule has 20 heavy (non-hydrogen) atoms. The molecule has 0 aromatic heterocycles. The number of hydrogen-bond acceptors (Lipinski definition) is 2. The van der Waals surface area contributed by atoms with Crippen molar-refractivity contribution in [1.82, 2.24) is 4.90 Å². The summed E-state index contributed by atoms with van der Waals surface area (Å²) >= 11 is 0. The number of hydrogen-bond donors (Lipinski definition) is 1. The Bertz CT molecular complexity index is 387. The topological polar surface area (TPSA) is 23.5 Å². The summed E-state index contributed by atoms with van der Waals surface area (Å²) < 4.78 is 0. The van der Waals surface area contributed by atoms with Gasteiger partial charge >= 0.3 is 0 Å². The zero-order valence-electron chi connectivity index (χ0n) is 13.0. The zero-order valence-corrected chi connectivity index (χ0v) is 13.0. The number of rotatable bonds is 5. The Labute approximate surface area is 123 Å². The summed E-state index contributed by atoms with van der Waals surface area (Å²) in [5.41, 5.74) is 1.35. The van der Waals surface area contributed by atoms with Crippen molar-refractivity contribution >= 4 is 0 Å². The minimum atomic E-state index is 0.363. The van der Waals surface area contributed by atoms with Crippen LogP contribution in [0.2, 0.25) is 0 Å². The van der Waals surface area contributed by atoms with Crippen molar-refractivity contribution in [1.29, 1.82) is 0 Å². The molecule has 1 aromatic rings. The third kappa shape index (κ3) is 3.99. The number of benzene rings is 1. The molecular weight excluding hydrogens is 246 g/mol. The molecule has 2 heteroatoms. The lowest BCUT2D eigenvalue weighted by atomic mass is 9.96. The molecule has 2 unspecified atom stereocenters. The molecule has 1 heterocycles. The summed E-state index contributed by atoms with van der Waals surface area (Å²) in [5, 5.41) is 9.45. The van der Waals surface area contributed by atoms with Crippen molar-refractivity contribution in [3.8, 4) is 5.75 Å². The Balaban J connectivity index is 2.02. The van der Waals surface area contributed by atoms with Gasteiger partial charge in [-0.05, 0) is 62.4 Å². The van der Waals surface area contributed by atoms with Crippen molar-refractivity contribution in [3.05, 3.63) is 29.8 Å². The molecule has 0 bridgehead atoms. The van der Waals surface area contributed by atoms with Crippen molar-refractivity contribution in [3.63, 3.8) is 0 Å². The second-order valence-corrected chi connectivity index (χ2v) is 6.14. The molecule has 1 N–H and O–H groups in total. The molecule has 0 aliphatic carbocycles. The van der Waals surface area contributed by atoms with Crippen LogP contribution in [0.5, 0.6) is 5.75 Å². The monoisotopic (exact) mass is 275 g/mol. The van der Waals surface area contributed by atoms with Gasteiger partial charge in [0.2, 0.25) is 0 Å². The summed E-state index contributed by atoms with van der Waals surface area (Å²) in [4.78, 5) is 2.65. The first-order chi connectivity index (χ1) is 9.74. The molecule has 1 fully saturated rings. The van der Waals surface area contributed by atoms with E-state index in [1.54, 1.807) is 0 Å². The molecular formula is C18H29NO. The summed E-state index contributed by atoms with van der Waals surface area (Å²) in [6.45, 7) is 7.02. The van der Waals surface area contributed by atoms with E-state index in [4.69, 9.17) is 0 Å². The lowest BCUT2D eigenvalue weighted by molar-refractivity contribution is 0.196. The molecule has 2 nitrogen and oxygen atoms in total. The first-order valence-corrected chi connectivity index (χ1v) is 8.27. The maximum atomic E-state index is 9.45. The smallest absolute Gasteiger partial charge is 0.115 e. The first kappa shape index (κ1) is 15.4. The Morgan fingerprint density at radius 3 is 2.55 bits per heavy atom. The molecule has 0 spiro atoms. The van der Waals surface area contributed by atoms with E-state index in [0.29, 0.717) is 11.8 Å². The van der Waals surface area contributed by atoms with Gasteiger partial charge < -0.3 is 5.11 Å².